The molecule has 3 rings (SSSR count). The van der Waals surface area contributed by atoms with Gasteiger partial charge >= 0.3 is 0 Å². The maximum absolute atomic E-state index is 12.2. The fraction of sp³-hybridized carbons (Fsp3) is 0.500. The normalized spacial score (nSPS) is 22.7. The van der Waals surface area contributed by atoms with Crippen molar-refractivity contribution in [3.05, 3.63) is 24.3 Å². The minimum Gasteiger partial charge on any atom is -0.370 e. The van der Waals surface area contributed by atoms with Gasteiger partial charge in [-0.05, 0) is 31.4 Å². The molecule has 2 N–H and O–H groups in total. The van der Waals surface area contributed by atoms with E-state index in [0.29, 0.717) is 6.54 Å². The van der Waals surface area contributed by atoms with Crippen LogP contribution in [0, 0.1) is 5.92 Å². The van der Waals surface area contributed by atoms with E-state index in [0.717, 1.165) is 24.5 Å². The molecule has 0 aliphatic carbocycles. The second kappa shape index (κ2) is 5.76. The van der Waals surface area contributed by atoms with Crippen molar-refractivity contribution in [2.75, 3.05) is 29.4 Å². The van der Waals surface area contributed by atoms with Crippen molar-refractivity contribution >= 4 is 23.2 Å². The van der Waals surface area contributed by atoms with Crippen LogP contribution in [0.3, 0.4) is 0 Å². The number of anilines is 2. The Kier molecular flexibility index (Phi) is 3.82. The summed E-state index contributed by atoms with van der Waals surface area (Å²) in [6, 6.07) is 7.96. The standard InChI is InChI=1S/C16H21N3O2/c17-16(21)12-10-15(20)19(11-12)14-7-3-2-6-13(14)18-8-4-1-5-9-18/h2-3,6-7,12H,1,4-5,8-11H2,(H2,17,21)/t12-/m1/s1. The first-order valence-electron chi connectivity index (χ1n) is 7.60. The smallest absolute Gasteiger partial charge is 0.227 e. The van der Waals surface area contributed by atoms with E-state index in [2.05, 4.69) is 11.0 Å². The molecule has 5 nitrogen and oxygen atoms in total. The fourth-order valence-electron chi connectivity index (χ4n) is 3.23. The summed E-state index contributed by atoms with van der Waals surface area (Å²) in [5.41, 5.74) is 7.36. The van der Waals surface area contributed by atoms with Gasteiger partial charge in [0, 0.05) is 26.1 Å². The van der Waals surface area contributed by atoms with E-state index in [4.69, 9.17) is 5.73 Å². The van der Waals surface area contributed by atoms with Crippen molar-refractivity contribution in [2.24, 2.45) is 11.7 Å². The van der Waals surface area contributed by atoms with Crippen molar-refractivity contribution in [1.29, 1.82) is 0 Å². The van der Waals surface area contributed by atoms with Gasteiger partial charge in [-0.15, -0.1) is 0 Å². The molecule has 0 unspecified atom stereocenters. The molecule has 1 atom stereocenters. The number of rotatable bonds is 3. The van der Waals surface area contributed by atoms with E-state index < -0.39 is 0 Å². The molecule has 2 heterocycles. The van der Waals surface area contributed by atoms with Crippen LogP contribution in [0.15, 0.2) is 24.3 Å². The van der Waals surface area contributed by atoms with Crippen LogP contribution in [-0.2, 0) is 9.59 Å². The Hall–Kier alpha value is -2.04. The Morgan fingerprint density at radius 1 is 1.10 bits per heavy atom. The lowest BCUT2D eigenvalue weighted by Crippen LogP contribution is -2.33. The Morgan fingerprint density at radius 2 is 1.76 bits per heavy atom. The Bertz CT molecular complexity index is 552. The topological polar surface area (TPSA) is 66.6 Å². The minimum absolute atomic E-state index is 0.0109. The molecule has 21 heavy (non-hydrogen) atoms. The van der Waals surface area contributed by atoms with Gasteiger partial charge in [0.2, 0.25) is 11.8 Å². The maximum atomic E-state index is 12.2. The molecule has 0 spiro atoms. The summed E-state index contributed by atoms with van der Waals surface area (Å²) >= 11 is 0. The number of hydrogen-bond donors (Lipinski definition) is 1. The summed E-state index contributed by atoms with van der Waals surface area (Å²) < 4.78 is 0. The number of nitrogens with zero attached hydrogens (tertiary/aromatic N) is 2. The molecule has 1 aromatic carbocycles. The first kappa shape index (κ1) is 13.9. The number of carbonyl (C=O) groups is 2. The summed E-state index contributed by atoms with van der Waals surface area (Å²) in [5.74, 6) is -0.767. The van der Waals surface area contributed by atoms with Gasteiger partial charge in [0.15, 0.2) is 0 Å². The van der Waals surface area contributed by atoms with Crippen molar-refractivity contribution in [3.8, 4) is 0 Å². The summed E-state index contributed by atoms with van der Waals surface area (Å²) in [4.78, 5) is 27.6. The van der Waals surface area contributed by atoms with E-state index in [1.807, 2.05) is 18.2 Å². The zero-order valence-electron chi connectivity index (χ0n) is 12.1. The molecule has 2 amide bonds. The number of nitrogens with two attached hydrogens (primary N) is 1. The molecule has 0 radical (unpaired) electrons. The first-order valence-corrected chi connectivity index (χ1v) is 7.60. The molecule has 2 aliphatic rings. The van der Waals surface area contributed by atoms with Gasteiger partial charge in [-0.2, -0.15) is 0 Å². The SMILES string of the molecule is NC(=O)[C@@H]1CC(=O)N(c2ccccc2N2CCCCC2)C1. The van der Waals surface area contributed by atoms with E-state index >= 15 is 0 Å². The third-order valence-electron chi connectivity index (χ3n) is 4.40. The van der Waals surface area contributed by atoms with E-state index in [-0.39, 0.29) is 24.2 Å². The highest BCUT2D eigenvalue weighted by atomic mass is 16.2. The quantitative estimate of drug-likeness (QED) is 0.916. The second-order valence-electron chi connectivity index (χ2n) is 5.84. The lowest BCUT2D eigenvalue weighted by atomic mass is 10.1. The molecular formula is C16H21N3O2. The van der Waals surface area contributed by atoms with Crippen LogP contribution >= 0.6 is 0 Å². The molecule has 1 aromatic rings. The van der Waals surface area contributed by atoms with Crippen LogP contribution in [0.5, 0.6) is 0 Å². The summed E-state index contributed by atoms with van der Waals surface area (Å²) in [5, 5.41) is 0. The predicted octanol–water partition coefficient (Wildman–Crippen LogP) is 1.52. The van der Waals surface area contributed by atoms with Crippen LogP contribution in [0.4, 0.5) is 11.4 Å². The molecule has 0 aromatic heterocycles. The third kappa shape index (κ3) is 2.73. The van der Waals surface area contributed by atoms with Crippen molar-refractivity contribution < 1.29 is 9.59 Å². The first-order chi connectivity index (χ1) is 10.2. The van der Waals surface area contributed by atoms with Gasteiger partial charge in [0.1, 0.15) is 0 Å². The number of hydrogen-bond acceptors (Lipinski definition) is 3. The number of primary amides is 1. The van der Waals surface area contributed by atoms with Crippen LogP contribution < -0.4 is 15.5 Å². The highest BCUT2D eigenvalue weighted by Crippen LogP contribution is 2.34. The van der Waals surface area contributed by atoms with Gasteiger partial charge in [-0.3, -0.25) is 9.59 Å². The summed E-state index contributed by atoms with van der Waals surface area (Å²) in [6.45, 7) is 2.45. The van der Waals surface area contributed by atoms with Gasteiger partial charge in [0.05, 0.1) is 17.3 Å². The average Bonchev–Trinajstić information content (AvgIpc) is 2.90. The third-order valence-corrected chi connectivity index (χ3v) is 4.40. The molecule has 2 fully saturated rings. The molecule has 112 valence electrons. The minimum atomic E-state index is -0.388. The number of piperidine rings is 1. The monoisotopic (exact) mass is 287 g/mol. The molecule has 0 bridgehead atoms. The van der Waals surface area contributed by atoms with Crippen LogP contribution in [-0.4, -0.2) is 31.4 Å². The number of para-hydroxylation sites is 2. The largest absolute Gasteiger partial charge is 0.370 e. The van der Waals surface area contributed by atoms with Gasteiger partial charge in [-0.25, -0.2) is 0 Å². The lowest BCUT2D eigenvalue weighted by molar-refractivity contribution is -0.123. The highest BCUT2D eigenvalue weighted by Gasteiger charge is 2.35. The predicted molar refractivity (Wildman–Crippen MR) is 82.2 cm³/mol. The Balaban J connectivity index is 1.88. The van der Waals surface area contributed by atoms with Gasteiger partial charge in [-0.1, -0.05) is 12.1 Å². The van der Waals surface area contributed by atoms with Crippen molar-refractivity contribution in [2.45, 2.75) is 25.7 Å². The van der Waals surface area contributed by atoms with Crippen molar-refractivity contribution in [3.63, 3.8) is 0 Å². The molecule has 2 saturated heterocycles. The summed E-state index contributed by atoms with van der Waals surface area (Å²) in [6.07, 6.45) is 3.87. The zero-order chi connectivity index (χ0) is 14.8. The lowest BCUT2D eigenvalue weighted by Gasteiger charge is -2.32. The van der Waals surface area contributed by atoms with E-state index in [1.165, 1.54) is 19.3 Å². The fourth-order valence-corrected chi connectivity index (χ4v) is 3.23. The van der Waals surface area contributed by atoms with Crippen LogP contribution in [0.25, 0.3) is 0 Å². The molecule has 2 aliphatic heterocycles. The number of benzene rings is 1. The summed E-state index contributed by atoms with van der Waals surface area (Å²) in [7, 11) is 0. The highest BCUT2D eigenvalue weighted by molar-refractivity contribution is 6.02. The molecule has 5 heteroatoms. The Morgan fingerprint density at radius 3 is 2.38 bits per heavy atom. The number of amides is 2. The number of carbonyl (C=O) groups excluding carboxylic acids is 2. The van der Waals surface area contributed by atoms with Crippen LogP contribution in [0.2, 0.25) is 0 Å². The Labute approximate surface area is 124 Å². The average molecular weight is 287 g/mol. The van der Waals surface area contributed by atoms with E-state index in [1.54, 1.807) is 4.90 Å². The van der Waals surface area contributed by atoms with Crippen molar-refractivity contribution in [1.82, 2.24) is 0 Å². The van der Waals surface area contributed by atoms with Gasteiger partial charge in [0.25, 0.3) is 0 Å². The molecule has 0 saturated carbocycles. The zero-order valence-corrected chi connectivity index (χ0v) is 12.1. The maximum Gasteiger partial charge on any atom is 0.227 e. The molecular weight excluding hydrogens is 266 g/mol. The van der Waals surface area contributed by atoms with Crippen LogP contribution in [0.1, 0.15) is 25.7 Å². The second-order valence-corrected chi connectivity index (χ2v) is 5.84. The van der Waals surface area contributed by atoms with E-state index in [9.17, 15) is 9.59 Å². The van der Waals surface area contributed by atoms with Gasteiger partial charge < -0.3 is 15.5 Å².